The Morgan fingerprint density at radius 3 is 2.64 bits per heavy atom. The number of nitrogens with zero attached hydrogens (tertiary/aromatic N) is 1. The van der Waals surface area contributed by atoms with E-state index in [0.717, 1.165) is 17.8 Å². The normalized spacial score (nSPS) is 13.1. The van der Waals surface area contributed by atoms with Crippen molar-refractivity contribution in [1.82, 2.24) is 4.90 Å². The van der Waals surface area contributed by atoms with Crippen LogP contribution in [0.25, 0.3) is 0 Å². The molecule has 78 valence electrons. The molecular weight excluding hydrogens is 176 g/mol. The van der Waals surface area contributed by atoms with Gasteiger partial charge < -0.3 is 10.8 Å². The van der Waals surface area contributed by atoms with E-state index in [1.54, 1.807) is 0 Å². The first-order valence-corrected chi connectivity index (χ1v) is 4.79. The van der Waals surface area contributed by atoms with Crippen molar-refractivity contribution in [2.24, 2.45) is 0 Å². The lowest BCUT2D eigenvalue weighted by Gasteiger charge is -2.23. The fraction of sp³-hybridized carbons (Fsp3) is 0.455. The van der Waals surface area contributed by atoms with Crippen molar-refractivity contribution in [2.45, 2.75) is 19.5 Å². The highest BCUT2D eigenvalue weighted by Crippen LogP contribution is 2.13. The number of aliphatic hydroxyl groups is 1. The second-order valence-corrected chi connectivity index (χ2v) is 3.65. The summed E-state index contributed by atoms with van der Waals surface area (Å²) in [5.74, 6) is 0. The fourth-order valence-electron chi connectivity index (χ4n) is 1.24. The molecule has 0 spiro atoms. The lowest BCUT2D eigenvalue weighted by atomic mass is 10.1. The van der Waals surface area contributed by atoms with Crippen LogP contribution in [0.5, 0.6) is 0 Å². The maximum absolute atomic E-state index is 8.98. The van der Waals surface area contributed by atoms with Crippen LogP contribution in [-0.2, 0) is 6.54 Å². The zero-order chi connectivity index (χ0) is 10.6. The van der Waals surface area contributed by atoms with Crippen molar-refractivity contribution in [3.63, 3.8) is 0 Å². The molecule has 3 nitrogen and oxygen atoms in total. The molecular formula is C11H18N2O. The van der Waals surface area contributed by atoms with Gasteiger partial charge >= 0.3 is 0 Å². The fourth-order valence-corrected chi connectivity index (χ4v) is 1.24. The van der Waals surface area contributed by atoms with Crippen LogP contribution in [0.1, 0.15) is 12.5 Å². The molecule has 0 fully saturated rings. The number of nitrogens with two attached hydrogens (primary N) is 1. The van der Waals surface area contributed by atoms with Crippen molar-refractivity contribution in [2.75, 3.05) is 19.4 Å². The number of para-hydroxylation sites is 1. The Kier molecular flexibility index (Phi) is 3.92. The number of nitrogen functional groups attached to an aromatic ring is 1. The zero-order valence-electron chi connectivity index (χ0n) is 8.77. The van der Waals surface area contributed by atoms with Crippen molar-refractivity contribution in [1.29, 1.82) is 0 Å². The van der Waals surface area contributed by atoms with Crippen LogP contribution in [0.15, 0.2) is 24.3 Å². The van der Waals surface area contributed by atoms with Gasteiger partial charge in [0.1, 0.15) is 0 Å². The Bertz CT molecular complexity index is 288. The van der Waals surface area contributed by atoms with E-state index in [2.05, 4.69) is 4.90 Å². The average Bonchev–Trinajstić information content (AvgIpc) is 2.20. The van der Waals surface area contributed by atoms with Crippen LogP contribution in [0.3, 0.4) is 0 Å². The highest BCUT2D eigenvalue weighted by atomic mass is 16.3. The summed E-state index contributed by atoms with van der Waals surface area (Å²) in [6, 6.07) is 7.97. The summed E-state index contributed by atoms with van der Waals surface area (Å²) in [5, 5.41) is 8.98. The van der Waals surface area contributed by atoms with Crippen LogP contribution in [-0.4, -0.2) is 29.7 Å². The van der Waals surface area contributed by atoms with Crippen LogP contribution >= 0.6 is 0 Å². The number of hydrogen-bond donors (Lipinski definition) is 2. The number of anilines is 1. The predicted octanol–water partition coefficient (Wildman–Crippen LogP) is 1.08. The molecule has 1 aromatic carbocycles. The number of aliphatic hydroxyl groups excluding tert-OH is 1. The summed E-state index contributed by atoms with van der Waals surface area (Å²) in [4.78, 5) is 2.08. The Hall–Kier alpha value is -1.06. The summed E-state index contributed by atoms with van der Waals surface area (Å²) in [6.45, 7) is 2.93. The Labute approximate surface area is 85.2 Å². The van der Waals surface area contributed by atoms with E-state index in [1.807, 2.05) is 38.2 Å². The first kappa shape index (κ1) is 11.0. The summed E-state index contributed by atoms with van der Waals surface area (Å²) in [5.41, 5.74) is 7.74. The minimum atomic E-state index is 0.162. The molecule has 0 aliphatic heterocycles. The molecule has 0 aliphatic rings. The number of rotatable bonds is 4. The molecule has 1 atom stereocenters. The van der Waals surface area contributed by atoms with E-state index < -0.39 is 0 Å². The largest absolute Gasteiger partial charge is 0.398 e. The van der Waals surface area contributed by atoms with E-state index in [4.69, 9.17) is 10.8 Å². The van der Waals surface area contributed by atoms with Gasteiger partial charge in [-0.1, -0.05) is 18.2 Å². The Balaban J connectivity index is 2.64. The Morgan fingerprint density at radius 1 is 1.43 bits per heavy atom. The molecule has 0 heterocycles. The zero-order valence-corrected chi connectivity index (χ0v) is 8.77. The van der Waals surface area contributed by atoms with Crippen LogP contribution in [0.4, 0.5) is 5.69 Å². The van der Waals surface area contributed by atoms with E-state index in [-0.39, 0.29) is 12.6 Å². The monoisotopic (exact) mass is 194 g/mol. The van der Waals surface area contributed by atoms with Gasteiger partial charge in [-0.3, -0.25) is 4.90 Å². The summed E-state index contributed by atoms with van der Waals surface area (Å²) in [6.07, 6.45) is 0. The number of likely N-dealkylation sites (N-methyl/N-ethyl adjacent to an activating group) is 1. The second-order valence-electron chi connectivity index (χ2n) is 3.65. The third kappa shape index (κ3) is 2.72. The Morgan fingerprint density at radius 2 is 2.07 bits per heavy atom. The molecule has 1 aromatic rings. The SMILES string of the molecule is CC(CO)N(C)Cc1ccccc1N. The van der Waals surface area contributed by atoms with E-state index >= 15 is 0 Å². The summed E-state index contributed by atoms with van der Waals surface area (Å²) < 4.78 is 0. The van der Waals surface area contributed by atoms with Gasteiger partial charge in [0.25, 0.3) is 0 Å². The molecule has 14 heavy (non-hydrogen) atoms. The average molecular weight is 194 g/mol. The second kappa shape index (κ2) is 4.98. The van der Waals surface area contributed by atoms with Crippen LogP contribution < -0.4 is 5.73 Å². The molecule has 1 rings (SSSR count). The van der Waals surface area contributed by atoms with Crippen LogP contribution in [0, 0.1) is 0 Å². The molecule has 1 unspecified atom stereocenters. The van der Waals surface area contributed by atoms with Gasteiger partial charge in [-0.15, -0.1) is 0 Å². The first-order valence-electron chi connectivity index (χ1n) is 4.79. The van der Waals surface area contributed by atoms with E-state index in [1.165, 1.54) is 0 Å². The molecule has 0 bridgehead atoms. The van der Waals surface area contributed by atoms with E-state index in [9.17, 15) is 0 Å². The van der Waals surface area contributed by atoms with Crippen molar-refractivity contribution in [3.8, 4) is 0 Å². The molecule has 3 heteroatoms. The van der Waals surface area contributed by atoms with Crippen molar-refractivity contribution < 1.29 is 5.11 Å². The number of hydrogen-bond acceptors (Lipinski definition) is 3. The lowest BCUT2D eigenvalue weighted by Crippen LogP contribution is -2.31. The minimum absolute atomic E-state index is 0.162. The third-order valence-corrected chi connectivity index (χ3v) is 2.49. The van der Waals surface area contributed by atoms with Gasteiger partial charge in [0.2, 0.25) is 0 Å². The molecule has 0 saturated carbocycles. The van der Waals surface area contributed by atoms with Gasteiger partial charge in [0.05, 0.1) is 6.61 Å². The quantitative estimate of drug-likeness (QED) is 0.705. The van der Waals surface area contributed by atoms with Gasteiger partial charge in [0, 0.05) is 18.3 Å². The number of benzene rings is 1. The van der Waals surface area contributed by atoms with Gasteiger partial charge in [-0.2, -0.15) is 0 Å². The minimum Gasteiger partial charge on any atom is -0.398 e. The van der Waals surface area contributed by atoms with Gasteiger partial charge in [-0.05, 0) is 25.6 Å². The molecule has 3 N–H and O–H groups in total. The summed E-state index contributed by atoms with van der Waals surface area (Å²) >= 11 is 0. The van der Waals surface area contributed by atoms with Gasteiger partial charge in [0.15, 0.2) is 0 Å². The predicted molar refractivity (Wildman–Crippen MR) is 58.9 cm³/mol. The van der Waals surface area contributed by atoms with Crippen LogP contribution in [0.2, 0.25) is 0 Å². The topological polar surface area (TPSA) is 49.5 Å². The van der Waals surface area contributed by atoms with Gasteiger partial charge in [-0.25, -0.2) is 0 Å². The molecule has 0 aromatic heterocycles. The lowest BCUT2D eigenvalue weighted by molar-refractivity contribution is 0.154. The van der Waals surface area contributed by atoms with E-state index in [0.29, 0.717) is 0 Å². The highest BCUT2D eigenvalue weighted by molar-refractivity contribution is 5.46. The van der Waals surface area contributed by atoms with Crippen molar-refractivity contribution >= 4 is 5.69 Å². The highest BCUT2D eigenvalue weighted by Gasteiger charge is 2.09. The third-order valence-electron chi connectivity index (χ3n) is 2.49. The smallest absolute Gasteiger partial charge is 0.0584 e. The maximum Gasteiger partial charge on any atom is 0.0584 e. The molecule has 0 amide bonds. The summed E-state index contributed by atoms with van der Waals surface area (Å²) in [7, 11) is 1.98. The standard InChI is InChI=1S/C11H18N2O/c1-9(8-14)13(2)7-10-5-3-4-6-11(10)12/h3-6,9,14H,7-8,12H2,1-2H3. The van der Waals surface area contributed by atoms with Crippen molar-refractivity contribution in [3.05, 3.63) is 29.8 Å². The molecule has 0 saturated heterocycles. The first-order chi connectivity index (χ1) is 6.65. The molecule has 0 radical (unpaired) electrons. The molecule has 0 aliphatic carbocycles. The maximum atomic E-state index is 8.98.